The molecule has 0 spiro atoms. The highest BCUT2D eigenvalue weighted by atomic mass is 16.6. The molecule has 0 heterocycles. The number of hydrogen-bond acceptors (Lipinski definition) is 10. The Bertz CT molecular complexity index is 1070. The molecular weight excluding hydrogens is 496 g/mol. The Morgan fingerprint density at radius 3 is 1.26 bits per heavy atom. The Balaban J connectivity index is 1.84. The topological polar surface area (TPSA) is 136 Å². The smallest absolute Gasteiger partial charge is 0.414 e. The second-order valence-electron chi connectivity index (χ2n) is 7.32. The molecule has 2 amide bonds. The highest BCUT2D eigenvalue weighted by Crippen LogP contribution is 2.24. The summed E-state index contributed by atoms with van der Waals surface area (Å²) in [7, 11) is 3.08. The lowest BCUT2D eigenvalue weighted by molar-refractivity contribution is -0.139. The number of rotatable bonds is 12. The lowest BCUT2D eigenvalue weighted by Crippen LogP contribution is -2.28. The van der Waals surface area contributed by atoms with Gasteiger partial charge in [-0.2, -0.15) is 10.2 Å². The van der Waals surface area contributed by atoms with Crippen LogP contribution in [0.2, 0.25) is 0 Å². The van der Waals surface area contributed by atoms with E-state index < -0.39 is 24.1 Å². The van der Waals surface area contributed by atoms with E-state index >= 15 is 0 Å². The first kappa shape index (κ1) is 29.2. The van der Waals surface area contributed by atoms with E-state index in [0.29, 0.717) is 22.7 Å². The standard InChI is InChI=1S/C26H28N4O8/c1-5-23(31)35-15-17-37-25(33)29(3)21-11-7-19(8-12-21)27-28-20-9-13-22(14-10-20)30(4)26(34)38-18-16-36-24(32)6-2/h5-14H,1-2,15-18H2,3-4H3. The summed E-state index contributed by atoms with van der Waals surface area (Å²) < 4.78 is 19.6. The predicted octanol–water partition coefficient (Wildman–Crippen LogP) is 4.71. The van der Waals surface area contributed by atoms with Gasteiger partial charge in [0.05, 0.1) is 11.4 Å². The zero-order valence-electron chi connectivity index (χ0n) is 21.1. The molecule has 0 aliphatic heterocycles. The third-order valence-electron chi connectivity index (χ3n) is 4.74. The van der Waals surface area contributed by atoms with Crippen molar-refractivity contribution in [3.05, 3.63) is 73.8 Å². The Labute approximate surface area is 219 Å². The van der Waals surface area contributed by atoms with Crippen LogP contribution in [-0.2, 0) is 28.5 Å². The highest BCUT2D eigenvalue weighted by molar-refractivity contribution is 5.88. The molecule has 2 rings (SSSR count). The highest BCUT2D eigenvalue weighted by Gasteiger charge is 2.13. The van der Waals surface area contributed by atoms with Crippen molar-refractivity contribution in [2.24, 2.45) is 10.2 Å². The van der Waals surface area contributed by atoms with Crippen molar-refractivity contribution in [1.82, 2.24) is 0 Å². The fraction of sp³-hybridized carbons (Fsp3) is 0.231. The minimum atomic E-state index is -0.612. The molecule has 38 heavy (non-hydrogen) atoms. The summed E-state index contributed by atoms with van der Waals surface area (Å²) in [5, 5.41) is 8.34. The molecule has 0 saturated heterocycles. The van der Waals surface area contributed by atoms with E-state index in [-0.39, 0.29) is 26.4 Å². The number of azo groups is 1. The molecule has 12 nitrogen and oxygen atoms in total. The van der Waals surface area contributed by atoms with Crippen LogP contribution in [0.5, 0.6) is 0 Å². The van der Waals surface area contributed by atoms with Crippen LogP contribution in [-0.4, -0.2) is 64.6 Å². The van der Waals surface area contributed by atoms with Gasteiger partial charge in [-0.1, -0.05) is 13.2 Å². The van der Waals surface area contributed by atoms with E-state index in [1.165, 1.54) is 9.80 Å². The average molecular weight is 525 g/mol. The second kappa shape index (κ2) is 15.2. The van der Waals surface area contributed by atoms with Gasteiger partial charge in [0.1, 0.15) is 26.4 Å². The maximum absolute atomic E-state index is 12.1. The summed E-state index contributed by atoms with van der Waals surface area (Å²) in [4.78, 5) is 48.8. The molecule has 0 aromatic heterocycles. The number of nitrogens with zero attached hydrogens (tertiary/aromatic N) is 4. The third-order valence-corrected chi connectivity index (χ3v) is 4.74. The van der Waals surface area contributed by atoms with Gasteiger partial charge in [0.15, 0.2) is 0 Å². The van der Waals surface area contributed by atoms with E-state index in [9.17, 15) is 19.2 Å². The van der Waals surface area contributed by atoms with Crippen molar-refractivity contribution in [3.8, 4) is 0 Å². The van der Waals surface area contributed by atoms with Crippen LogP contribution in [0.25, 0.3) is 0 Å². The van der Waals surface area contributed by atoms with E-state index in [1.807, 2.05) is 0 Å². The van der Waals surface area contributed by atoms with E-state index in [2.05, 4.69) is 23.4 Å². The van der Waals surface area contributed by atoms with Crippen LogP contribution in [0.15, 0.2) is 84.1 Å². The number of esters is 2. The first-order valence-electron chi connectivity index (χ1n) is 11.3. The quantitative estimate of drug-likeness (QED) is 0.128. The van der Waals surface area contributed by atoms with Gasteiger partial charge in [-0.25, -0.2) is 19.2 Å². The molecule has 2 aromatic carbocycles. The van der Waals surface area contributed by atoms with Crippen molar-refractivity contribution < 1.29 is 38.1 Å². The summed E-state index contributed by atoms with van der Waals surface area (Å²) in [5.74, 6) is -1.19. The molecule has 0 aliphatic carbocycles. The van der Waals surface area contributed by atoms with E-state index in [4.69, 9.17) is 18.9 Å². The normalized spacial score (nSPS) is 10.3. The zero-order valence-corrected chi connectivity index (χ0v) is 21.1. The molecule has 2 aromatic rings. The van der Waals surface area contributed by atoms with Gasteiger partial charge >= 0.3 is 24.1 Å². The fourth-order valence-electron chi connectivity index (χ4n) is 2.67. The van der Waals surface area contributed by atoms with Gasteiger partial charge in [0.25, 0.3) is 0 Å². The number of anilines is 2. The number of carbonyl (C=O) groups is 4. The van der Waals surface area contributed by atoms with Gasteiger partial charge in [-0.3, -0.25) is 9.80 Å². The van der Waals surface area contributed by atoms with Crippen LogP contribution in [0.1, 0.15) is 0 Å². The summed E-state index contributed by atoms with van der Waals surface area (Å²) in [5.41, 5.74) is 2.23. The number of hydrogen-bond donors (Lipinski definition) is 0. The lowest BCUT2D eigenvalue weighted by atomic mass is 10.2. The number of benzene rings is 2. The van der Waals surface area contributed by atoms with Gasteiger partial charge < -0.3 is 18.9 Å². The minimum absolute atomic E-state index is 0.0693. The molecule has 200 valence electrons. The van der Waals surface area contributed by atoms with Crippen molar-refractivity contribution in [2.45, 2.75) is 0 Å². The average Bonchev–Trinajstić information content (AvgIpc) is 2.95. The van der Waals surface area contributed by atoms with E-state index in [0.717, 1.165) is 12.2 Å². The van der Waals surface area contributed by atoms with Gasteiger partial charge in [-0.15, -0.1) is 0 Å². The number of ether oxygens (including phenoxy) is 4. The van der Waals surface area contributed by atoms with Crippen molar-refractivity contribution >= 4 is 46.9 Å². The Morgan fingerprint density at radius 1 is 0.632 bits per heavy atom. The molecule has 12 heteroatoms. The second-order valence-corrected chi connectivity index (χ2v) is 7.32. The number of amides is 2. The van der Waals surface area contributed by atoms with Crippen molar-refractivity contribution in [3.63, 3.8) is 0 Å². The van der Waals surface area contributed by atoms with Gasteiger partial charge in [-0.05, 0) is 48.5 Å². The first-order valence-corrected chi connectivity index (χ1v) is 11.3. The predicted molar refractivity (Wildman–Crippen MR) is 139 cm³/mol. The monoisotopic (exact) mass is 524 g/mol. The Morgan fingerprint density at radius 2 is 0.947 bits per heavy atom. The largest absolute Gasteiger partial charge is 0.459 e. The Hall–Kier alpha value is -5.00. The van der Waals surface area contributed by atoms with Crippen LogP contribution in [0.3, 0.4) is 0 Å². The molecule has 0 bridgehead atoms. The molecule has 0 atom stereocenters. The lowest BCUT2D eigenvalue weighted by Gasteiger charge is -2.17. The van der Waals surface area contributed by atoms with Gasteiger partial charge in [0, 0.05) is 37.6 Å². The minimum Gasteiger partial charge on any atom is -0.459 e. The molecule has 0 radical (unpaired) electrons. The molecule has 0 unspecified atom stereocenters. The maximum atomic E-state index is 12.1. The number of carbonyl (C=O) groups excluding carboxylic acids is 4. The zero-order chi connectivity index (χ0) is 27.9. The SMILES string of the molecule is C=CC(=O)OCCOC(=O)N(C)c1ccc(N=Nc2ccc(N(C)C(=O)OCCOC(=O)C=C)cc2)cc1. The Kier molecular flexibility index (Phi) is 11.7. The van der Waals surface area contributed by atoms with Gasteiger partial charge in [0.2, 0.25) is 0 Å². The maximum Gasteiger partial charge on any atom is 0.414 e. The summed E-state index contributed by atoms with van der Waals surface area (Å²) in [6.07, 6.45) is 0.825. The molecule has 0 N–H and O–H groups in total. The summed E-state index contributed by atoms with van der Waals surface area (Å²) in [6.45, 7) is 6.24. The van der Waals surface area contributed by atoms with E-state index in [1.54, 1.807) is 62.6 Å². The fourth-order valence-corrected chi connectivity index (χ4v) is 2.67. The first-order chi connectivity index (χ1) is 18.2. The molecule has 0 aliphatic rings. The molecule has 0 saturated carbocycles. The van der Waals surface area contributed by atoms with Crippen molar-refractivity contribution in [1.29, 1.82) is 0 Å². The van der Waals surface area contributed by atoms with Crippen LogP contribution >= 0.6 is 0 Å². The van der Waals surface area contributed by atoms with Crippen LogP contribution in [0.4, 0.5) is 32.3 Å². The van der Waals surface area contributed by atoms with Crippen LogP contribution < -0.4 is 9.80 Å². The molecular formula is C26H28N4O8. The summed E-state index contributed by atoms with van der Waals surface area (Å²) >= 11 is 0. The molecule has 0 fully saturated rings. The summed E-state index contributed by atoms with van der Waals surface area (Å²) in [6, 6.07) is 13.4. The van der Waals surface area contributed by atoms with Crippen LogP contribution in [0, 0.1) is 0 Å². The van der Waals surface area contributed by atoms with Crippen molar-refractivity contribution in [2.75, 3.05) is 50.3 Å². The third kappa shape index (κ3) is 9.57.